The van der Waals surface area contributed by atoms with Gasteiger partial charge >= 0.3 is 5.97 Å². The maximum atomic E-state index is 10.9. The molecular formula is C15H21BrN2O2. The van der Waals surface area contributed by atoms with Crippen molar-refractivity contribution in [1.29, 1.82) is 0 Å². The number of likely N-dealkylation sites (N-methyl/N-ethyl adjacent to an activating group) is 1. The van der Waals surface area contributed by atoms with E-state index in [2.05, 4.69) is 40.2 Å². The first-order valence-corrected chi connectivity index (χ1v) is 7.64. The minimum absolute atomic E-state index is 0.299. The monoisotopic (exact) mass is 340 g/mol. The van der Waals surface area contributed by atoms with Gasteiger partial charge in [-0.15, -0.1) is 0 Å². The smallest absolute Gasteiger partial charge is 0.335 e. The average Bonchev–Trinajstić information content (AvgIpc) is 2.33. The summed E-state index contributed by atoms with van der Waals surface area (Å²) < 4.78 is 0.845. The predicted octanol–water partition coefficient (Wildman–Crippen LogP) is 2.72. The molecule has 0 aromatic heterocycles. The number of hydrogen-bond acceptors (Lipinski definition) is 3. The van der Waals surface area contributed by atoms with Gasteiger partial charge in [-0.1, -0.05) is 22.0 Å². The van der Waals surface area contributed by atoms with Gasteiger partial charge in [-0.3, -0.25) is 0 Å². The first kappa shape index (κ1) is 15.5. The minimum atomic E-state index is -0.897. The van der Waals surface area contributed by atoms with Gasteiger partial charge in [-0.05, 0) is 51.1 Å². The molecule has 1 fully saturated rings. The molecule has 0 saturated heterocycles. The number of rotatable bonds is 6. The van der Waals surface area contributed by atoms with E-state index in [-0.39, 0.29) is 0 Å². The molecule has 5 heteroatoms. The van der Waals surface area contributed by atoms with Crippen molar-refractivity contribution in [3.63, 3.8) is 0 Å². The Morgan fingerprint density at radius 3 is 2.60 bits per heavy atom. The first-order valence-electron chi connectivity index (χ1n) is 6.84. The van der Waals surface area contributed by atoms with E-state index in [1.165, 1.54) is 19.3 Å². The Kier molecular flexibility index (Phi) is 4.83. The lowest BCUT2D eigenvalue weighted by Crippen LogP contribution is -2.56. The maximum absolute atomic E-state index is 10.9. The quantitative estimate of drug-likeness (QED) is 0.835. The van der Waals surface area contributed by atoms with E-state index in [9.17, 15) is 4.79 Å². The number of carboxylic acid groups (broad SMARTS) is 1. The molecule has 0 radical (unpaired) electrons. The van der Waals surface area contributed by atoms with E-state index < -0.39 is 5.97 Å². The molecule has 0 heterocycles. The fourth-order valence-corrected chi connectivity index (χ4v) is 3.14. The SMILES string of the molecule is CN(C)C1(CNCc2ccc(C(=O)O)cc2Br)CCC1. The molecule has 0 bridgehead atoms. The van der Waals surface area contributed by atoms with Crippen LogP contribution in [0.1, 0.15) is 35.2 Å². The zero-order valence-corrected chi connectivity index (χ0v) is 13.5. The van der Waals surface area contributed by atoms with E-state index in [0.29, 0.717) is 11.1 Å². The van der Waals surface area contributed by atoms with Crippen molar-refractivity contribution in [2.24, 2.45) is 0 Å². The van der Waals surface area contributed by atoms with Crippen LogP contribution in [0.5, 0.6) is 0 Å². The molecule has 0 atom stereocenters. The van der Waals surface area contributed by atoms with Crippen molar-refractivity contribution in [1.82, 2.24) is 10.2 Å². The van der Waals surface area contributed by atoms with Crippen molar-refractivity contribution in [3.05, 3.63) is 33.8 Å². The Hall–Kier alpha value is -0.910. The van der Waals surface area contributed by atoms with Crippen LogP contribution in [-0.2, 0) is 6.54 Å². The lowest BCUT2D eigenvalue weighted by molar-refractivity contribution is 0.0598. The highest BCUT2D eigenvalue weighted by molar-refractivity contribution is 9.10. The lowest BCUT2D eigenvalue weighted by atomic mass is 9.75. The summed E-state index contributed by atoms with van der Waals surface area (Å²) in [6.45, 7) is 1.71. The van der Waals surface area contributed by atoms with E-state index in [4.69, 9.17) is 5.11 Å². The summed E-state index contributed by atoms with van der Waals surface area (Å²) in [7, 11) is 4.27. The normalized spacial score (nSPS) is 17.0. The molecular weight excluding hydrogens is 320 g/mol. The molecule has 0 spiro atoms. The van der Waals surface area contributed by atoms with Gasteiger partial charge in [0.15, 0.2) is 0 Å². The predicted molar refractivity (Wildman–Crippen MR) is 83.1 cm³/mol. The summed E-state index contributed by atoms with van der Waals surface area (Å²) in [5.41, 5.74) is 1.70. The molecule has 0 aliphatic heterocycles. The number of carbonyl (C=O) groups is 1. The molecule has 20 heavy (non-hydrogen) atoms. The Morgan fingerprint density at radius 1 is 1.45 bits per heavy atom. The van der Waals surface area contributed by atoms with Crippen LogP contribution in [0.4, 0.5) is 0 Å². The van der Waals surface area contributed by atoms with E-state index in [0.717, 1.165) is 23.1 Å². The molecule has 4 nitrogen and oxygen atoms in total. The van der Waals surface area contributed by atoms with Crippen molar-refractivity contribution >= 4 is 21.9 Å². The van der Waals surface area contributed by atoms with Crippen molar-refractivity contribution in [3.8, 4) is 0 Å². The highest BCUT2D eigenvalue weighted by atomic mass is 79.9. The van der Waals surface area contributed by atoms with Crippen molar-refractivity contribution < 1.29 is 9.90 Å². The fourth-order valence-electron chi connectivity index (χ4n) is 2.62. The lowest BCUT2D eigenvalue weighted by Gasteiger charge is -2.47. The third-order valence-corrected chi connectivity index (χ3v) is 5.04. The molecule has 2 N–H and O–H groups in total. The second-order valence-corrected chi connectivity index (χ2v) is 6.54. The fraction of sp³-hybridized carbons (Fsp3) is 0.533. The summed E-state index contributed by atoms with van der Waals surface area (Å²) in [6.07, 6.45) is 3.79. The molecule has 1 aliphatic rings. The van der Waals surface area contributed by atoms with E-state index >= 15 is 0 Å². The second kappa shape index (κ2) is 6.24. The number of hydrogen-bond donors (Lipinski definition) is 2. The van der Waals surface area contributed by atoms with Gasteiger partial charge in [0.25, 0.3) is 0 Å². The molecule has 1 saturated carbocycles. The number of benzene rings is 1. The van der Waals surface area contributed by atoms with Crippen LogP contribution in [0.25, 0.3) is 0 Å². The Bertz CT molecular complexity index is 499. The third-order valence-electron chi connectivity index (χ3n) is 4.30. The first-order chi connectivity index (χ1) is 9.44. The van der Waals surface area contributed by atoms with Crippen molar-refractivity contribution in [2.45, 2.75) is 31.3 Å². The molecule has 2 rings (SSSR count). The summed E-state index contributed by atoms with van der Waals surface area (Å²) >= 11 is 3.44. The molecule has 1 aromatic carbocycles. The summed E-state index contributed by atoms with van der Waals surface area (Å²) in [4.78, 5) is 13.2. The van der Waals surface area contributed by atoms with Crippen LogP contribution in [0.15, 0.2) is 22.7 Å². The third kappa shape index (κ3) is 3.22. The van der Waals surface area contributed by atoms with Crippen LogP contribution >= 0.6 is 15.9 Å². The van der Waals surface area contributed by atoms with Gasteiger partial charge in [-0.25, -0.2) is 4.79 Å². The van der Waals surface area contributed by atoms with E-state index in [1.807, 2.05) is 6.07 Å². The van der Waals surface area contributed by atoms with Crippen LogP contribution in [-0.4, -0.2) is 42.2 Å². The highest BCUT2D eigenvalue weighted by Crippen LogP contribution is 2.35. The van der Waals surface area contributed by atoms with Crippen molar-refractivity contribution in [2.75, 3.05) is 20.6 Å². The van der Waals surface area contributed by atoms with Crippen LogP contribution in [0, 0.1) is 0 Å². The van der Waals surface area contributed by atoms with Gasteiger partial charge in [0, 0.05) is 23.1 Å². The second-order valence-electron chi connectivity index (χ2n) is 5.69. The molecule has 1 aromatic rings. The largest absolute Gasteiger partial charge is 0.478 e. The zero-order chi connectivity index (χ0) is 14.8. The Labute approximate surface area is 128 Å². The zero-order valence-electron chi connectivity index (χ0n) is 11.9. The number of halogens is 1. The van der Waals surface area contributed by atoms with Crippen LogP contribution in [0.2, 0.25) is 0 Å². The van der Waals surface area contributed by atoms with Crippen LogP contribution in [0.3, 0.4) is 0 Å². The van der Waals surface area contributed by atoms with Gasteiger partial charge < -0.3 is 15.3 Å². The Balaban J connectivity index is 1.93. The Morgan fingerprint density at radius 2 is 2.15 bits per heavy atom. The number of aromatic carboxylic acids is 1. The summed E-state index contributed by atoms with van der Waals surface area (Å²) in [5, 5.41) is 12.4. The number of nitrogens with zero attached hydrogens (tertiary/aromatic N) is 1. The van der Waals surface area contributed by atoms with Gasteiger partial charge in [0.1, 0.15) is 0 Å². The molecule has 0 amide bonds. The molecule has 0 unspecified atom stereocenters. The minimum Gasteiger partial charge on any atom is -0.478 e. The average molecular weight is 341 g/mol. The standard InChI is InChI=1S/C15H21BrN2O2/c1-18(2)15(6-3-7-15)10-17-9-12-5-4-11(14(19)20)8-13(12)16/h4-5,8,17H,3,6-7,9-10H2,1-2H3,(H,19,20). The summed E-state index contributed by atoms with van der Waals surface area (Å²) in [6, 6.07) is 5.17. The van der Waals surface area contributed by atoms with Crippen LogP contribution < -0.4 is 5.32 Å². The molecule has 110 valence electrons. The number of nitrogens with one attached hydrogen (secondary N) is 1. The summed E-state index contributed by atoms with van der Waals surface area (Å²) in [5.74, 6) is -0.897. The van der Waals surface area contributed by atoms with E-state index in [1.54, 1.807) is 12.1 Å². The maximum Gasteiger partial charge on any atom is 0.335 e. The topological polar surface area (TPSA) is 52.6 Å². The number of carboxylic acids is 1. The highest BCUT2D eigenvalue weighted by Gasteiger charge is 2.38. The van der Waals surface area contributed by atoms with Gasteiger partial charge in [0.2, 0.25) is 0 Å². The van der Waals surface area contributed by atoms with Gasteiger partial charge in [-0.2, -0.15) is 0 Å². The molecule has 1 aliphatic carbocycles. The van der Waals surface area contributed by atoms with Gasteiger partial charge in [0.05, 0.1) is 5.56 Å².